The highest BCUT2D eigenvalue weighted by atomic mass is 31.0. The van der Waals surface area contributed by atoms with Crippen LogP contribution in [0.4, 0.5) is 0 Å². The van der Waals surface area contributed by atoms with Crippen LogP contribution in [0, 0.1) is 5.92 Å². The number of unbranched alkanes of at least 4 members (excludes halogenated alkanes) is 27. The van der Waals surface area contributed by atoms with Crippen LogP contribution < -0.4 is 0 Å². The fourth-order valence-electron chi connectivity index (χ4n) is 7.19. The Morgan fingerprint density at radius 3 is 0.854 bits per heavy atom. The fraction of sp³-hybridized carbons (Fsp3) is 1.00. The lowest BCUT2D eigenvalue weighted by molar-refractivity contribution is 0.283. The molecule has 0 fully saturated rings. The van der Waals surface area contributed by atoms with Crippen molar-refractivity contribution in [1.82, 2.24) is 0 Å². The fourth-order valence-corrected chi connectivity index (χ4v) is 8.00. The summed E-state index contributed by atoms with van der Waals surface area (Å²) in [4.78, 5) is 0. The Bertz CT molecular complexity index is 447. The smallest absolute Gasteiger partial charge is 0.0122 e. The van der Waals surface area contributed by atoms with E-state index < -0.39 is 0 Å². The molecule has 0 radical (unpaired) electrons. The van der Waals surface area contributed by atoms with Crippen LogP contribution in [0.15, 0.2) is 0 Å². The molecule has 0 aliphatic carbocycles. The second-order valence-corrected chi connectivity index (χ2v) is 15.3. The van der Waals surface area contributed by atoms with Crippen molar-refractivity contribution in [2.75, 3.05) is 0 Å². The van der Waals surface area contributed by atoms with Gasteiger partial charge in [-0.05, 0) is 30.3 Å². The van der Waals surface area contributed by atoms with Gasteiger partial charge in [-0.25, -0.2) is 0 Å². The molecule has 0 bridgehead atoms. The van der Waals surface area contributed by atoms with Crippen LogP contribution in [-0.4, -0.2) is 5.16 Å². The quantitative estimate of drug-likeness (QED) is 0.0505. The van der Waals surface area contributed by atoms with Gasteiger partial charge in [0, 0.05) is 0 Å². The molecule has 0 rings (SSSR count). The molecule has 0 saturated heterocycles. The van der Waals surface area contributed by atoms with Crippen LogP contribution in [0.25, 0.3) is 0 Å². The molecule has 0 spiro atoms. The molecule has 0 nitrogen and oxygen atoms in total. The zero-order valence-electron chi connectivity index (χ0n) is 29.7. The minimum atomic E-state index is 0.508. The van der Waals surface area contributed by atoms with Gasteiger partial charge < -0.3 is 0 Å². The molecule has 0 aromatic carbocycles. The minimum absolute atomic E-state index is 0.508. The summed E-state index contributed by atoms with van der Waals surface area (Å²) in [5, 5.41) is 0.508. The Labute approximate surface area is 265 Å². The molecule has 41 heavy (non-hydrogen) atoms. The highest BCUT2D eigenvalue weighted by Gasteiger charge is 2.31. The second kappa shape index (κ2) is 33.3. The molecule has 0 aliphatic rings. The van der Waals surface area contributed by atoms with Gasteiger partial charge in [0.25, 0.3) is 0 Å². The van der Waals surface area contributed by atoms with Crippen molar-refractivity contribution >= 4 is 9.24 Å². The molecule has 248 valence electrons. The average Bonchev–Trinajstić information content (AvgIpc) is 2.98. The third-order valence-corrected chi connectivity index (χ3v) is 11.3. The molecule has 0 aliphatic heterocycles. The van der Waals surface area contributed by atoms with Crippen LogP contribution in [0.5, 0.6) is 0 Å². The van der Waals surface area contributed by atoms with Crippen LogP contribution in [0.3, 0.4) is 0 Å². The van der Waals surface area contributed by atoms with E-state index in [9.17, 15) is 0 Å². The van der Waals surface area contributed by atoms with E-state index in [0.717, 1.165) is 5.92 Å². The molecule has 0 saturated carbocycles. The van der Waals surface area contributed by atoms with E-state index in [1.54, 1.807) is 0 Å². The standard InChI is InChI=1S/C40H83P/c1-5-9-12-15-18-21-24-27-30-33-36-39(8-4)40(41,37-34-31-28-25-22-19-16-13-10-6-2)38-35-32-29-26-23-20-17-14-11-7-3/h39H,5-38,41H2,1-4H3. The monoisotopic (exact) mass is 595 g/mol. The lowest BCUT2D eigenvalue weighted by Crippen LogP contribution is -2.31. The Balaban J connectivity index is 4.38. The summed E-state index contributed by atoms with van der Waals surface area (Å²) in [6, 6.07) is 0. The highest BCUT2D eigenvalue weighted by Crippen LogP contribution is 2.43. The molecule has 0 heterocycles. The van der Waals surface area contributed by atoms with Gasteiger partial charge in [0.1, 0.15) is 0 Å². The first-order valence-corrected chi connectivity index (χ1v) is 20.5. The lowest BCUT2D eigenvalue weighted by Gasteiger charge is -2.38. The van der Waals surface area contributed by atoms with E-state index in [2.05, 4.69) is 36.9 Å². The van der Waals surface area contributed by atoms with Crippen molar-refractivity contribution in [3.8, 4) is 0 Å². The molecule has 0 aromatic rings. The predicted octanol–water partition coefficient (Wildman–Crippen LogP) is 15.6. The molecule has 0 aromatic heterocycles. The van der Waals surface area contributed by atoms with Crippen LogP contribution >= 0.6 is 9.24 Å². The number of hydrogen-bond donors (Lipinski definition) is 0. The van der Waals surface area contributed by atoms with Crippen molar-refractivity contribution in [2.45, 2.75) is 251 Å². The Morgan fingerprint density at radius 1 is 0.341 bits per heavy atom. The van der Waals surface area contributed by atoms with Gasteiger partial charge in [-0.3, -0.25) is 0 Å². The first-order chi connectivity index (χ1) is 20.1. The van der Waals surface area contributed by atoms with E-state index >= 15 is 0 Å². The third kappa shape index (κ3) is 27.7. The first kappa shape index (κ1) is 41.4. The Hall–Kier alpha value is 0.430. The number of hydrogen-bond acceptors (Lipinski definition) is 0. The van der Waals surface area contributed by atoms with Crippen molar-refractivity contribution in [1.29, 1.82) is 0 Å². The average molecular weight is 595 g/mol. The Morgan fingerprint density at radius 2 is 0.585 bits per heavy atom. The molecule has 2 unspecified atom stereocenters. The topological polar surface area (TPSA) is 0 Å². The van der Waals surface area contributed by atoms with Gasteiger partial charge in [-0.1, -0.05) is 227 Å². The van der Waals surface area contributed by atoms with Gasteiger partial charge in [0.05, 0.1) is 0 Å². The molecule has 1 heteroatoms. The maximum Gasteiger partial charge on any atom is -0.0122 e. The van der Waals surface area contributed by atoms with Crippen LogP contribution in [-0.2, 0) is 0 Å². The summed E-state index contributed by atoms with van der Waals surface area (Å²) >= 11 is 0. The van der Waals surface area contributed by atoms with E-state index in [4.69, 9.17) is 0 Å². The van der Waals surface area contributed by atoms with Crippen LogP contribution in [0.1, 0.15) is 246 Å². The first-order valence-electron chi connectivity index (χ1n) is 19.9. The molecule has 2 atom stereocenters. The number of rotatable bonds is 35. The van der Waals surface area contributed by atoms with E-state index in [0.29, 0.717) is 5.16 Å². The highest BCUT2D eigenvalue weighted by molar-refractivity contribution is 7.19. The van der Waals surface area contributed by atoms with Crippen LogP contribution in [0.2, 0.25) is 0 Å². The van der Waals surface area contributed by atoms with Gasteiger partial charge in [-0.2, -0.15) is 0 Å². The predicted molar refractivity (Wildman–Crippen MR) is 196 cm³/mol. The summed E-state index contributed by atoms with van der Waals surface area (Å²) in [5.74, 6) is 0.915. The summed E-state index contributed by atoms with van der Waals surface area (Å²) < 4.78 is 0. The normalized spacial score (nSPS) is 12.8. The van der Waals surface area contributed by atoms with E-state index in [1.165, 1.54) is 218 Å². The maximum atomic E-state index is 3.50. The minimum Gasteiger partial charge on any atom is -0.131 e. The molecule has 0 N–H and O–H groups in total. The van der Waals surface area contributed by atoms with Crippen molar-refractivity contribution in [2.24, 2.45) is 5.92 Å². The zero-order chi connectivity index (χ0) is 30.1. The summed E-state index contributed by atoms with van der Waals surface area (Å²) in [7, 11) is 3.50. The molecule has 0 amide bonds. The maximum absolute atomic E-state index is 3.50. The summed E-state index contributed by atoms with van der Waals surface area (Å²) in [6.07, 6.45) is 49.5. The van der Waals surface area contributed by atoms with E-state index in [-0.39, 0.29) is 0 Å². The van der Waals surface area contributed by atoms with Gasteiger partial charge >= 0.3 is 0 Å². The Kier molecular flexibility index (Phi) is 33.7. The van der Waals surface area contributed by atoms with E-state index in [1.807, 2.05) is 0 Å². The van der Waals surface area contributed by atoms with Gasteiger partial charge in [0.15, 0.2) is 0 Å². The third-order valence-electron chi connectivity index (χ3n) is 10.2. The van der Waals surface area contributed by atoms with Crippen molar-refractivity contribution in [3.05, 3.63) is 0 Å². The summed E-state index contributed by atoms with van der Waals surface area (Å²) in [6.45, 7) is 9.46. The molecular formula is C40H83P. The van der Waals surface area contributed by atoms with Crippen molar-refractivity contribution < 1.29 is 0 Å². The summed E-state index contributed by atoms with van der Waals surface area (Å²) in [5.41, 5.74) is 0. The lowest BCUT2D eigenvalue weighted by atomic mass is 9.78. The second-order valence-electron chi connectivity index (χ2n) is 14.2. The van der Waals surface area contributed by atoms with Gasteiger partial charge in [0.2, 0.25) is 0 Å². The molecular weight excluding hydrogens is 511 g/mol. The largest absolute Gasteiger partial charge is 0.131 e. The van der Waals surface area contributed by atoms with Crippen molar-refractivity contribution in [3.63, 3.8) is 0 Å². The zero-order valence-corrected chi connectivity index (χ0v) is 30.9. The SMILES string of the molecule is CCCCCCCCCCCCC(CC)C(P)(CCCCCCCCCCCC)CCCCCCCCCCCC. The van der Waals surface area contributed by atoms with Gasteiger partial charge in [-0.15, -0.1) is 9.24 Å².